The molecule has 1 saturated heterocycles. The molecular formula is C18H24BrN5O. The van der Waals surface area contributed by atoms with Crippen molar-refractivity contribution < 1.29 is 0 Å². The molecule has 0 amide bonds. The van der Waals surface area contributed by atoms with Crippen molar-refractivity contribution in [2.24, 2.45) is 7.05 Å². The first kappa shape index (κ1) is 17.9. The summed E-state index contributed by atoms with van der Waals surface area (Å²) in [6, 6.07) is 10.9. The van der Waals surface area contributed by atoms with Crippen molar-refractivity contribution in [1.82, 2.24) is 14.7 Å². The van der Waals surface area contributed by atoms with Gasteiger partial charge in [0.25, 0.3) is 5.56 Å². The zero-order valence-electron chi connectivity index (χ0n) is 14.7. The number of halogens is 1. The Morgan fingerprint density at radius 3 is 2.56 bits per heavy atom. The Hall–Kier alpha value is -1.86. The predicted molar refractivity (Wildman–Crippen MR) is 105 cm³/mol. The molecule has 1 atom stereocenters. The second kappa shape index (κ2) is 8.01. The van der Waals surface area contributed by atoms with Crippen LogP contribution in [-0.2, 0) is 7.05 Å². The normalized spacial score (nSPS) is 16.7. The van der Waals surface area contributed by atoms with Crippen molar-refractivity contribution in [3.63, 3.8) is 0 Å². The van der Waals surface area contributed by atoms with Gasteiger partial charge in [0.15, 0.2) is 0 Å². The summed E-state index contributed by atoms with van der Waals surface area (Å²) in [4.78, 5) is 16.8. The highest BCUT2D eigenvalue weighted by molar-refractivity contribution is 9.10. The summed E-state index contributed by atoms with van der Waals surface area (Å²) in [5.74, 6) is 0. The van der Waals surface area contributed by atoms with Crippen LogP contribution >= 0.6 is 15.9 Å². The Morgan fingerprint density at radius 1 is 1.20 bits per heavy atom. The third-order valence-electron chi connectivity index (χ3n) is 4.73. The summed E-state index contributed by atoms with van der Waals surface area (Å²) < 4.78 is 1.85. The minimum Gasteiger partial charge on any atom is -0.381 e. The van der Waals surface area contributed by atoms with Crippen LogP contribution in [0.3, 0.4) is 0 Å². The third-order valence-corrected chi connectivity index (χ3v) is 5.49. The topological polar surface area (TPSA) is 53.4 Å². The molecule has 1 aliphatic rings. The minimum atomic E-state index is -0.130. The predicted octanol–water partition coefficient (Wildman–Crippen LogP) is 2.17. The first-order valence-electron chi connectivity index (χ1n) is 8.56. The standard InChI is InChI=1S/C18H24BrN5O/c1-14(12-20-16-13-21-22(2)18(25)17(16)19)23-8-10-24(11-9-23)15-6-4-3-5-7-15/h3-7,13-14,20H,8-12H2,1-2H3. The summed E-state index contributed by atoms with van der Waals surface area (Å²) in [7, 11) is 1.64. The molecule has 0 radical (unpaired) electrons. The number of aromatic nitrogens is 2. The van der Waals surface area contributed by atoms with E-state index < -0.39 is 0 Å². The van der Waals surface area contributed by atoms with Gasteiger partial charge in [0.2, 0.25) is 0 Å². The quantitative estimate of drug-likeness (QED) is 0.825. The molecule has 1 unspecified atom stereocenters. The van der Waals surface area contributed by atoms with Gasteiger partial charge in [0, 0.05) is 51.5 Å². The van der Waals surface area contributed by atoms with E-state index in [9.17, 15) is 4.79 Å². The Kier molecular flexibility index (Phi) is 5.75. The highest BCUT2D eigenvalue weighted by Crippen LogP contribution is 2.18. The fourth-order valence-corrected chi connectivity index (χ4v) is 3.58. The van der Waals surface area contributed by atoms with E-state index >= 15 is 0 Å². The molecule has 0 aliphatic carbocycles. The largest absolute Gasteiger partial charge is 0.381 e. The highest BCUT2D eigenvalue weighted by Gasteiger charge is 2.21. The summed E-state index contributed by atoms with van der Waals surface area (Å²) in [5.41, 5.74) is 1.91. The molecular weight excluding hydrogens is 382 g/mol. The van der Waals surface area contributed by atoms with Crippen molar-refractivity contribution >= 4 is 27.3 Å². The molecule has 1 aliphatic heterocycles. The molecule has 1 fully saturated rings. The maximum Gasteiger partial charge on any atom is 0.282 e. The molecule has 3 rings (SSSR count). The fraction of sp³-hybridized carbons (Fsp3) is 0.444. The summed E-state index contributed by atoms with van der Waals surface area (Å²) in [5, 5.41) is 7.41. The van der Waals surface area contributed by atoms with Crippen molar-refractivity contribution in [2.75, 3.05) is 42.9 Å². The number of rotatable bonds is 5. The Balaban J connectivity index is 1.52. The molecule has 7 heteroatoms. The molecule has 1 aromatic carbocycles. The van der Waals surface area contributed by atoms with Gasteiger partial charge in [-0.25, -0.2) is 4.68 Å². The number of nitrogens with zero attached hydrogens (tertiary/aromatic N) is 4. The van der Waals surface area contributed by atoms with Crippen molar-refractivity contribution in [2.45, 2.75) is 13.0 Å². The van der Waals surface area contributed by atoms with E-state index in [0.29, 0.717) is 10.5 Å². The van der Waals surface area contributed by atoms with Crippen LogP contribution in [0.2, 0.25) is 0 Å². The van der Waals surface area contributed by atoms with E-state index in [-0.39, 0.29) is 5.56 Å². The summed E-state index contributed by atoms with van der Waals surface area (Å²) in [6.45, 7) is 7.13. The van der Waals surface area contributed by atoms with E-state index in [1.54, 1.807) is 13.2 Å². The first-order valence-corrected chi connectivity index (χ1v) is 9.35. The monoisotopic (exact) mass is 405 g/mol. The molecule has 134 valence electrons. The number of piperazine rings is 1. The van der Waals surface area contributed by atoms with E-state index in [0.717, 1.165) is 38.4 Å². The lowest BCUT2D eigenvalue weighted by Crippen LogP contribution is -2.51. The summed E-state index contributed by atoms with van der Waals surface area (Å²) in [6.07, 6.45) is 1.69. The molecule has 2 aromatic rings. The lowest BCUT2D eigenvalue weighted by atomic mass is 10.2. The van der Waals surface area contributed by atoms with Crippen LogP contribution in [0.1, 0.15) is 6.92 Å². The average Bonchev–Trinajstić information content (AvgIpc) is 2.66. The van der Waals surface area contributed by atoms with Gasteiger partial charge in [-0.3, -0.25) is 9.69 Å². The first-order chi connectivity index (χ1) is 12.1. The number of nitrogens with one attached hydrogen (secondary N) is 1. The SMILES string of the molecule is CC(CNc1cnn(C)c(=O)c1Br)N1CCN(c2ccccc2)CC1. The number of hydrogen-bond acceptors (Lipinski definition) is 5. The Bertz CT molecular complexity index is 756. The van der Waals surface area contributed by atoms with Crippen LogP contribution < -0.4 is 15.8 Å². The molecule has 25 heavy (non-hydrogen) atoms. The maximum absolute atomic E-state index is 11.9. The van der Waals surface area contributed by atoms with Gasteiger partial charge < -0.3 is 10.2 Å². The molecule has 1 N–H and O–H groups in total. The van der Waals surface area contributed by atoms with Gasteiger partial charge in [-0.2, -0.15) is 5.10 Å². The minimum absolute atomic E-state index is 0.130. The second-order valence-electron chi connectivity index (χ2n) is 6.39. The van der Waals surface area contributed by atoms with Gasteiger partial charge in [0.05, 0.1) is 11.9 Å². The maximum atomic E-state index is 11.9. The smallest absolute Gasteiger partial charge is 0.282 e. The van der Waals surface area contributed by atoms with Crippen molar-refractivity contribution in [3.8, 4) is 0 Å². The Labute approximate surface area is 156 Å². The third kappa shape index (κ3) is 4.22. The number of para-hydroxylation sites is 1. The van der Waals surface area contributed by atoms with Crippen LogP contribution in [0.25, 0.3) is 0 Å². The van der Waals surface area contributed by atoms with Gasteiger partial charge in [-0.05, 0) is 35.0 Å². The lowest BCUT2D eigenvalue weighted by Gasteiger charge is -2.39. The molecule has 0 spiro atoms. The number of aryl methyl sites for hydroxylation is 1. The van der Waals surface area contributed by atoms with Crippen LogP contribution in [-0.4, -0.2) is 53.4 Å². The van der Waals surface area contributed by atoms with E-state index in [4.69, 9.17) is 0 Å². The molecule has 1 aromatic heterocycles. The van der Waals surface area contributed by atoms with Crippen LogP contribution in [0.5, 0.6) is 0 Å². The molecule has 2 heterocycles. The van der Waals surface area contributed by atoms with Crippen LogP contribution in [0, 0.1) is 0 Å². The van der Waals surface area contributed by atoms with Gasteiger partial charge in [0.1, 0.15) is 4.47 Å². The molecule has 6 nitrogen and oxygen atoms in total. The number of anilines is 2. The highest BCUT2D eigenvalue weighted by atomic mass is 79.9. The van der Waals surface area contributed by atoms with E-state index in [1.165, 1.54) is 10.4 Å². The molecule has 0 bridgehead atoms. The Morgan fingerprint density at radius 2 is 1.88 bits per heavy atom. The molecule has 0 saturated carbocycles. The van der Waals surface area contributed by atoms with Crippen LogP contribution in [0.4, 0.5) is 11.4 Å². The zero-order valence-corrected chi connectivity index (χ0v) is 16.2. The van der Waals surface area contributed by atoms with Gasteiger partial charge >= 0.3 is 0 Å². The van der Waals surface area contributed by atoms with E-state index in [1.807, 2.05) is 0 Å². The zero-order chi connectivity index (χ0) is 17.8. The fourth-order valence-electron chi connectivity index (χ4n) is 3.08. The van der Waals surface area contributed by atoms with Crippen molar-refractivity contribution in [1.29, 1.82) is 0 Å². The average molecular weight is 406 g/mol. The summed E-state index contributed by atoms with van der Waals surface area (Å²) >= 11 is 3.35. The second-order valence-corrected chi connectivity index (χ2v) is 7.18. The van der Waals surface area contributed by atoms with Gasteiger partial charge in [-0.1, -0.05) is 18.2 Å². The van der Waals surface area contributed by atoms with Gasteiger partial charge in [-0.15, -0.1) is 0 Å². The van der Waals surface area contributed by atoms with Crippen LogP contribution in [0.15, 0.2) is 45.8 Å². The van der Waals surface area contributed by atoms with E-state index in [2.05, 4.69) is 73.4 Å². The number of hydrogen-bond donors (Lipinski definition) is 1. The van der Waals surface area contributed by atoms with Crippen molar-refractivity contribution in [3.05, 3.63) is 51.4 Å². The number of benzene rings is 1. The lowest BCUT2D eigenvalue weighted by molar-refractivity contribution is 0.204.